The number of rotatable bonds is 4. The van der Waals surface area contributed by atoms with Gasteiger partial charge in [-0.1, -0.05) is 24.3 Å². The Kier molecular flexibility index (Phi) is 5.48. The van der Waals surface area contributed by atoms with Crippen LogP contribution in [0, 0.1) is 5.82 Å². The summed E-state index contributed by atoms with van der Waals surface area (Å²) in [5.41, 5.74) is 2.71. The molecule has 0 spiro atoms. The van der Waals surface area contributed by atoms with Crippen molar-refractivity contribution in [1.82, 2.24) is 0 Å². The molecule has 1 heterocycles. The van der Waals surface area contributed by atoms with Crippen molar-refractivity contribution in [3.8, 4) is 5.75 Å². The number of ether oxygens (including phenoxy) is 1. The summed E-state index contributed by atoms with van der Waals surface area (Å²) in [6.45, 7) is 0.507. The van der Waals surface area contributed by atoms with E-state index in [1.54, 1.807) is 54.5 Å². The van der Waals surface area contributed by atoms with Gasteiger partial charge in [-0.2, -0.15) is 0 Å². The van der Waals surface area contributed by atoms with Gasteiger partial charge in [0.25, 0.3) is 11.8 Å². The summed E-state index contributed by atoms with van der Waals surface area (Å²) >= 11 is 0. The first kappa shape index (κ1) is 19.6. The van der Waals surface area contributed by atoms with Gasteiger partial charge in [-0.25, -0.2) is 4.39 Å². The van der Waals surface area contributed by atoms with Crippen LogP contribution in [0.15, 0.2) is 66.7 Å². The van der Waals surface area contributed by atoms with Crippen LogP contribution in [0.25, 0.3) is 0 Å². The molecule has 0 fully saturated rings. The fraction of sp³-hybridized carbons (Fsp3) is 0.167. The summed E-state index contributed by atoms with van der Waals surface area (Å²) in [4.78, 5) is 27.2. The Balaban J connectivity index is 1.60. The number of anilines is 2. The zero-order chi connectivity index (χ0) is 21.1. The minimum atomic E-state index is -0.539. The lowest BCUT2D eigenvalue weighted by molar-refractivity contribution is 0.0980. The predicted octanol–water partition coefficient (Wildman–Crippen LogP) is 4.68. The molecular formula is C24H21FN2O3. The molecule has 0 bridgehead atoms. The molecule has 0 atom stereocenters. The van der Waals surface area contributed by atoms with E-state index in [1.807, 2.05) is 12.1 Å². The second-order valence-electron chi connectivity index (χ2n) is 7.04. The number of hydrogen-bond acceptors (Lipinski definition) is 3. The molecule has 0 saturated heterocycles. The summed E-state index contributed by atoms with van der Waals surface area (Å²) in [5, 5.41) is 2.86. The number of halogens is 1. The zero-order valence-corrected chi connectivity index (χ0v) is 16.5. The van der Waals surface area contributed by atoms with E-state index in [1.165, 1.54) is 12.1 Å². The summed E-state index contributed by atoms with van der Waals surface area (Å²) < 4.78 is 19.4. The average Bonchev–Trinajstić information content (AvgIpc) is 2.78. The monoisotopic (exact) mass is 404 g/mol. The first-order valence-electron chi connectivity index (χ1n) is 9.72. The lowest BCUT2D eigenvalue weighted by Crippen LogP contribution is -2.36. The molecule has 2 amide bonds. The molecule has 1 N–H and O–H groups in total. The molecular weight excluding hydrogens is 383 g/mol. The third-order valence-corrected chi connectivity index (χ3v) is 5.16. The lowest BCUT2D eigenvalue weighted by Gasteiger charge is -2.30. The van der Waals surface area contributed by atoms with E-state index in [-0.39, 0.29) is 17.4 Å². The van der Waals surface area contributed by atoms with Gasteiger partial charge in [0.2, 0.25) is 0 Å². The molecule has 0 unspecified atom stereocenters. The maximum Gasteiger partial charge on any atom is 0.261 e. The number of nitrogens with one attached hydrogen (secondary N) is 1. The van der Waals surface area contributed by atoms with Crippen molar-refractivity contribution >= 4 is 23.2 Å². The first-order valence-corrected chi connectivity index (χ1v) is 9.72. The number of fused-ring (bicyclic) bond motifs is 1. The second kappa shape index (κ2) is 8.37. The highest BCUT2D eigenvalue weighted by molar-refractivity contribution is 6.08. The molecule has 0 saturated carbocycles. The average molecular weight is 404 g/mol. The van der Waals surface area contributed by atoms with Crippen molar-refractivity contribution in [2.75, 3.05) is 23.9 Å². The molecule has 152 valence electrons. The minimum absolute atomic E-state index is 0.0448. The van der Waals surface area contributed by atoms with E-state index in [2.05, 4.69) is 5.32 Å². The number of benzene rings is 3. The van der Waals surface area contributed by atoms with Crippen LogP contribution >= 0.6 is 0 Å². The number of carbonyl (C=O) groups excluding carboxylic acids is 2. The Morgan fingerprint density at radius 2 is 1.80 bits per heavy atom. The summed E-state index contributed by atoms with van der Waals surface area (Å²) in [6.07, 6.45) is 1.48. The van der Waals surface area contributed by atoms with Gasteiger partial charge in [0, 0.05) is 17.8 Å². The maximum atomic E-state index is 14.1. The number of hydrogen-bond donors (Lipinski definition) is 1. The number of methoxy groups -OCH3 is 1. The van der Waals surface area contributed by atoms with Crippen LogP contribution < -0.4 is 15.0 Å². The maximum absolute atomic E-state index is 14.1. The van der Waals surface area contributed by atoms with E-state index in [9.17, 15) is 14.0 Å². The lowest BCUT2D eigenvalue weighted by atomic mass is 9.98. The van der Waals surface area contributed by atoms with E-state index in [4.69, 9.17) is 4.74 Å². The van der Waals surface area contributed by atoms with Gasteiger partial charge in [-0.05, 0) is 60.9 Å². The van der Waals surface area contributed by atoms with Gasteiger partial charge < -0.3 is 15.0 Å². The van der Waals surface area contributed by atoms with Gasteiger partial charge in [-0.15, -0.1) is 0 Å². The highest BCUT2D eigenvalue weighted by Gasteiger charge is 2.26. The van der Waals surface area contributed by atoms with E-state index >= 15 is 0 Å². The van der Waals surface area contributed by atoms with E-state index in [0.29, 0.717) is 29.2 Å². The quantitative estimate of drug-likeness (QED) is 0.687. The highest BCUT2D eigenvalue weighted by Crippen LogP contribution is 2.30. The van der Waals surface area contributed by atoms with Crippen molar-refractivity contribution in [2.45, 2.75) is 12.8 Å². The van der Waals surface area contributed by atoms with Crippen LogP contribution in [0.4, 0.5) is 15.8 Å². The molecule has 1 aliphatic heterocycles. The van der Waals surface area contributed by atoms with Crippen LogP contribution in [-0.4, -0.2) is 25.5 Å². The van der Waals surface area contributed by atoms with Crippen LogP contribution in [-0.2, 0) is 6.42 Å². The van der Waals surface area contributed by atoms with Crippen LogP contribution in [0.3, 0.4) is 0 Å². The Hall–Kier alpha value is -3.67. The molecule has 0 aromatic heterocycles. The molecule has 0 radical (unpaired) electrons. The van der Waals surface area contributed by atoms with Gasteiger partial charge in [0.15, 0.2) is 0 Å². The molecule has 6 heteroatoms. The number of aryl methyl sites for hydroxylation is 1. The summed E-state index contributed by atoms with van der Waals surface area (Å²) in [6, 6.07) is 18.4. The zero-order valence-electron chi connectivity index (χ0n) is 16.5. The van der Waals surface area contributed by atoms with Gasteiger partial charge in [0.1, 0.15) is 11.6 Å². The van der Waals surface area contributed by atoms with E-state index in [0.717, 1.165) is 18.4 Å². The van der Waals surface area contributed by atoms with Crippen LogP contribution in [0.2, 0.25) is 0 Å². The number of para-hydroxylation sites is 2. The standard InChI is InChI=1S/C24H21FN2O3/c1-30-22-11-5-4-10-20(22)26-23(28)17-12-13-21-16(15-17)7-6-14-27(21)24(29)18-8-2-3-9-19(18)25/h2-5,8-13,15H,6-7,14H2,1H3,(H,26,28). The minimum Gasteiger partial charge on any atom is -0.495 e. The fourth-order valence-electron chi connectivity index (χ4n) is 3.67. The van der Waals surface area contributed by atoms with Crippen molar-refractivity contribution in [3.63, 3.8) is 0 Å². The number of carbonyl (C=O) groups is 2. The smallest absolute Gasteiger partial charge is 0.261 e. The Bertz CT molecular complexity index is 1110. The van der Waals surface area contributed by atoms with Crippen molar-refractivity contribution in [2.24, 2.45) is 0 Å². The number of nitrogens with zero attached hydrogens (tertiary/aromatic N) is 1. The van der Waals surface area contributed by atoms with Crippen LogP contribution in [0.1, 0.15) is 32.7 Å². The largest absolute Gasteiger partial charge is 0.495 e. The van der Waals surface area contributed by atoms with Crippen molar-refractivity contribution in [3.05, 3.63) is 89.2 Å². The van der Waals surface area contributed by atoms with Gasteiger partial charge >= 0.3 is 0 Å². The topological polar surface area (TPSA) is 58.6 Å². The highest BCUT2D eigenvalue weighted by atomic mass is 19.1. The normalized spacial score (nSPS) is 12.8. The van der Waals surface area contributed by atoms with Crippen molar-refractivity contribution < 1.29 is 18.7 Å². The molecule has 4 rings (SSSR count). The molecule has 3 aromatic rings. The molecule has 1 aliphatic rings. The van der Waals surface area contributed by atoms with E-state index < -0.39 is 5.82 Å². The Morgan fingerprint density at radius 1 is 1.03 bits per heavy atom. The summed E-state index contributed by atoms with van der Waals surface area (Å²) in [7, 11) is 1.55. The third-order valence-electron chi connectivity index (χ3n) is 5.16. The summed E-state index contributed by atoms with van der Waals surface area (Å²) in [5.74, 6) is -0.604. The molecule has 0 aliphatic carbocycles. The Morgan fingerprint density at radius 3 is 2.60 bits per heavy atom. The molecule has 5 nitrogen and oxygen atoms in total. The predicted molar refractivity (Wildman–Crippen MR) is 114 cm³/mol. The number of amides is 2. The fourth-order valence-corrected chi connectivity index (χ4v) is 3.67. The van der Waals surface area contributed by atoms with Crippen LogP contribution in [0.5, 0.6) is 5.75 Å². The third kappa shape index (κ3) is 3.76. The Labute approximate surface area is 174 Å². The molecule has 30 heavy (non-hydrogen) atoms. The SMILES string of the molecule is COc1ccccc1NC(=O)c1ccc2c(c1)CCCN2C(=O)c1ccccc1F. The van der Waals surface area contributed by atoms with Crippen molar-refractivity contribution in [1.29, 1.82) is 0 Å². The van der Waals surface area contributed by atoms with Gasteiger partial charge in [-0.3, -0.25) is 9.59 Å². The molecule has 3 aromatic carbocycles. The second-order valence-corrected chi connectivity index (χ2v) is 7.04. The van der Waals surface area contributed by atoms with Gasteiger partial charge in [0.05, 0.1) is 18.4 Å². The first-order chi connectivity index (χ1) is 14.6.